The summed E-state index contributed by atoms with van der Waals surface area (Å²) in [6, 6.07) is 13.3. The average molecular weight is 197 g/mol. The van der Waals surface area contributed by atoms with Gasteiger partial charge in [0, 0.05) is 17.3 Å². The van der Waals surface area contributed by atoms with Crippen LogP contribution in [0, 0.1) is 5.41 Å². The first-order chi connectivity index (χ1) is 7.27. The normalized spacial score (nSPS) is 9.87. The van der Waals surface area contributed by atoms with Crippen molar-refractivity contribution in [3.63, 3.8) is 0 Å². The number of nitrogens with zero attached hydrogens (tertiary/aromatic N) is 1. The van der Waals surface area contributed by atoms with E-state index < -0.39 is 0 Å². The van der Waals surface area contributed by atoms with Crippen LogP contribution in [-0.4, -0.2) is 10.8 Å². The van der Waals surface area contributed by atoms with E-state index in [1.807, 2.05) is 42.5 Å². The molecule has 0 aliphatic carbocycles. The van der Waals surface area contributed by atoms with E-state index in [9.17, 15) is 0 Å². The lowest BCUT2D eigenvalue weighted by Gasteiger charge is -2.01. The Morgan fingerprint density at radius 1 is 1.07 bits per heavy atom. The Morgan fingerprint density at radius 2 is 1.80 bits per heavy atom. The summed E-state index contributed by atoms with van der Waals surface area (Å²) in [6.07, 6.45) is 1.76. The maximum atomic E-state index is 7.27. The van der Waals surface area contributed by atoms with Crippen LogP contribution in [0.25, 0.3) is 11.3 Å². The minimum absolute atomic E-state index is 0.0857. The minimum Gasteiger partial charge on any atom is -0.384 e. The highest BCUT2D eigenvalue weighted by Crippen LogP contribution is 2.16. The number of benzene rings is 1. The van der Waals surface area contributed by atoms with E-state index in [-0.39, 0.29) is 5.84 Å². The van der Waals surface area contributed by atoms with Crippen LogP contribution in [0.4, 0.5) is 0 Å². The highest BCUT2D eigenvalue weighted by molar-refractivity contribution is 5.95. The van der Waals surface area contributed by atoms with E-state index >= 15 is 0 Å². The third-order valence-corrected chi connectivity index (χ3v) is 2.16. The molecular formula is C12H11N3. The number of rotatable bonds is 2. The molecule has 2 rings (SSSR count). The summed E-state index contributed by atoms with van der Waals surface area (Å²) in [6.45, 7) is 0. The van der Waals surface area contributed by atoms with E-state index in [0.29, 0.717) is 0 Å². The molecule has 3 N–H and O–H groups in total. The SMILES string of the molecule is N=C(N)c1ccc(-c2ccccn2)cc1. The van der Waals surface area contributed by atoms with Crippen LogP contribution in [0.3, 0.4) is 0 Å². The third-order valence-electron chi connectivity index (χ3n) is 2.16. The highest BCUT2D eigenvalue weighted by atomic mass is 14.7. The summed E-state index contributed by atoms with van der Waals surface area (Å²) in [4.78, 5) is 4.24. The predicted octanol–water partition coefficient (Wildman–Crippen LogP) is 2.03. The second-order valence-electron chi connectivity index (χ2n) is 3.21. The van der Waals surface area contributed by atoms with E-state index in [2.05, 4.69) is 4.98 Å². The zero-order valence-electron chi connectivity index (χ0n) is 8.14. The van der Waals surface area contributed by atoms with Gasteiger partial charge in [0.05, 0.1) is 5.69 Å². The molecule has 0 fully saturated rings. The summed E-state index contributed by atoms with van der Waals surface area (Å²) in [5, 5.41) is 7.27. The van der Waals surface area contributed by atoms with E-state index in [1.165, 1.54) is 0 Å². The molecule has 0 saturated heterocycles. The molecule has 1 aromatic carbocycles. The maximum absolute atomic E-state index is 7.27. The van der Waals surface area contributed by atoms with Gasteiger partial charge in [-0.05, 0) is 12.1 Å². The molecule has 0 bridgehead atoms. The zero-order chi connectivity index (χ0) is 10.7. The molecule has 0 radical (unpaired) electrons. The van der Waals surface area contributed by atoms with Crippen molar-refractivity contribution in [1.82, 2.24) is 4.98 Å². The quantitative estimate of drug-likeness (QED) is 0.571. The van der Waals surface area contributed by atoms with Gasteiger partial charge >= 0.3 is 0 Å². The average Bonchev–Trinajstić information content (AvgIpc) is 2.30. The number of nitrogens with one attached hydrogen (secondary N) is 1. The molecule has 1 heterocycles. The van der Waals surface area contributed by atoms with Gasteiger partial charge in [0.25, 0.3) is 0 Å². The fraction of sp³-hybridized carbons (Fsp3) is 0. The van der Waals surface area contributed by atoms with Crippen LogP contribution in [0.1, 0.15) is 5.56 Å². The molecule has 74 valence electrons. The molecule has 0 aliphatic rings. The van der Waals surface area contributed by atoms with Crippen LogP contribution in [-0.2, 0) is 0 Å². The fourth-order valence-corrected chi connectivity index (χ4v) is 1.35. The predicted molar refractivity (Wildman–Crippen MR) is 60.7 cm³/mol. The fourth-order valence-electron chi connectivity index (χ4n) is 1.35. The first-order valence-electron chi connectivity index (χ1n) is 4.63. The molecule has 15 heavy (non-hydrogen) atoms. The van der Waals surface area contributed by atoms with Crippen molar-refractivity contribution < 1.29 is 0 Å². The Morgan fingerprint density at radius 3 is 2.33 bits per heavy atom. The Bertz CT molecular complexity index is 460. The molecule has 0 aliphatic heterocycles. The number of nitrogen functional groups attached to an aromatic ring is 1. The molecule has 1 aromatic heterocycles. The number of hydrogen-bond acceptors (Lipinski definition) is 2. The second kappa shape index (κ2) is 3.92. The van der Waals surface area contributed by atoms with Crippen LogP contribution in [0.15, 0.2) is 48.7 Å². The Labute approximate surface area is 88.1 Å². The minimum atomic E-state index is 0.0857. The van der Waals surface area contributed by atoms with Gasteiger partial charge in [0.2, 0.25) is 0 Å². The van der Waals surface area contributed by atoms with Crippen molar-refractivity contribution in [3.8, 4) is 11.3 Å². The van der Waals surface area contributed by atoms with Gasteiger partial charge in [0.15, 0.2) is 0 Å². The summed E-state index contributed by atoms with van der Waals surface area (Å²) in [7, 11) is 0. The van der Waals surface area contributed by atoms with Gasteiger partial charge < -0.3 is 5.73 Å². The van der Waals surface area contributed by atoms with Crippen molar-refractivity contribution in [2.75, 3.05) is 0 Å². The topological polar surface area (TPSA) is 62.8 Å². The van der Waals surface area contributed by atoms with Gasteiger partial charge in [0.1, 0.15) is 5.84 Å². The third kappa shape index (κ3) is 2.02. The van der Waals surface area contributed by atoms with Crippen molar-refractivity contribution in [3.05, 3.63) is 54.2 Å². The molecular weight excluding hydrogens is 186 g/mol. The molecule has 0 spiro atoms. The van der Waals surface area contributed by atoms with Crippen LogP contribution < -0.4 is 5.73 Å². The standard InChI is InChI=1S/C12H11N3/c13-12(14)10-6-4-9(5-7-10)11-3-1-2-8-15-11/h1-8H,(H3,13,14). The Hall–Kier alpha value is -2.16. The van der Waals surface area contributed by atoms with Crippen molar-refractivity contribution in [2.45, 2.75) is 0 Å². The largest absolute Gasteiger partial charge is 0.384 e. The molecule has 0 atom stereocenters. The summed E-state index contributed by atoms with van der Waals surface area (Å²) in [5.41, 5.74) is 8.05. The van der Waals surface area contributed by atoms with Gasteiger partial charge in [-0.1, -0.05) is 30.3 Å². The van der Waals surface area contributed by atoms with Crippen molar-refractivity contribution >= 4 is 5.84 Å². The zero-order valence-corrected chi connectivity index (χ0v) is 8.14. The molecule has 0 unspecified atom stereocenters. The van der Waals surface area contributed by atoms with Gasteiger partial charge in [-0.2, -0.15) is 0 Å². The van der Waals surface area contributed by atoms with E-state index in [1.54, 1.807) is 6.20 Å². The molecule has 3 nitrogen and oxygen atoms in total. The first-order valence-corrected chi connectivity index (χ1v) is 4.63. The molecule has 0 amide bonds. The monoisotopic (exact) mass is 197 g/mol. The summed E-state index contributed by atoms with van der Waals surface area (Å²) < 4.78 is 0. The van der Waals surface area contributed by atoms with Crippen LogP contribution >= 0.6 is 0 Å². The number of nitrogens with two attached hydrogens (primary N) is 1. The van der Waals surface area contributed by atoms with Crippen LogP contribution in [0.2, 0.25) is 0 Å². The molecule has 3 heteroatoms. The second-order valence-corrected chi connectivity index (χ2v) is 3.21. The Kier molecular flexibility index (Phi) is 2.46. The number of pyridine rings is 1. The van der Waals surface area contributed by atoms with Crippen LogP contribution in [0.5, 0.6) is 0 Å². The highest BCUT2D eigenvalue weighted by Gasteiger charge is 1.99. The van der Waals surface area contributed by atoms with Gasteiger partial charge in [-0.25, -0.2) is 0 Å². The lowest BCUT2D eigenvalue weighted by molar-refractivity contribution is 1.32. The van der Waals surface area contributed by atoms with Gasteiger partial charge in [-0.3, -0.25) is 10.4 Å². The lowest BCUT2D eigenvalue weighted by atomic mass is 10.1. The van der Waals surface area contributed by atoms with E-state index in [4.69, 9.17) is 11.1 Å². The smallest absolute Gasteiger partial charge is 0.122 e. The number of aromatic nitrogens is 1. The first kappa shape index (κ1) is 9.40. The van der Waals surface area contributed by atoms with Crippen molar-refractivity contribution in [1.29, 1.82) is 5.41 Å². The summed E-state index contributed by atoms with van der Waals surface area (Å²) in [5.74, 6) is 0.0857. The Balaban J connectivity index is 2.36. The van der Waals surface area contributed by atoms with E-state index in [0.717, 1.165) is 16.8 Å². The molecule has 2 aromatic rings. The van der Waals surface area contributed by atoms with Gasteiger partial charge in [-0.15, -0.1) is 0 Å². The molecule has 0 saturated carbocycles. The lowest BCUT2D eigenvalue weighted by Crippen LogP contribution is -2.10. The van der Waals surface area contributed by atoms with Crippen molar-refractivity contribution in [2.24, 2.45) is 5.73 Å². The summed E-state index contributed by atoms with van der Waals surface area (Å²) >= 11 is 0. The number of amidine groups is 1. The maximum Gasteiger partial charge on any atom is 0.122 e. The number of hydrogen-bond donors (Lipinski definition) is 2.